The first-order valence-corrected chi connectivity index (χ1v) is 4.43. The lowest BCUT2D eigenvalue weighted by Gasteiger charge is -2.06. The van der Waals surface area contributed by atoms with Crippen LogP contribution in [0, 0.1) is 17.2 Å². The molecule has 0 aromatic rings. The molecule has 0 amide bonds. The topological polar surface area (TPSA) is 50.1 Å². The van der Waals surface area contributed by atoms with Gasteiger partial charge in [-0.2, -0.15) is 5.26 Å². The van der Waals surface area contributed by atoms with Crippen LogP contribution in [0.4, 0.5) is 0 Å². The molecule has 0 aliphatic rings. The van der Waals surface area contributed by atoms with Gasteiger partial charge in [-0.1, -0.05) is 6.08 Å². The summed E-state index contributed by atoms with van der Waals surface area (Å²) in [4.78, 5) is 11.1. The van der Waals surface area contributed by atoms with E-state index in [2.05, 4.69) is 6.58 Å². The lowest BCUT2D eigenvalue weighted by Crippen LogP contribution is -2.15. The van der Waals surface area contributed by atoms with Crippen LogP contribution < -0.4 is 0 Å². The van der Waals surface area contributed by atoms with Crippen molar-refractivity contribution in [2.24, 2.45) is 5.92 Å². The van der Waals surface area contributed by atoms with Crippen molar-refractivity contribution in [3.8, 4) is 6.07 Å². The van der Waals surface area contributed by atoms with E-state index < -0.39 is 11.9 Å². The first-order chi connectivity index (χ1) is 6.26. The van der Waals surface area contributed by atoms with E-state index in [1.165, 1.54) is 0 Å². The minimum Gasteiger partial charge on any atom is -0.465 e. The Balaban J connectivity index is 3.82. The standard InChI is InChI=1S/C10H15NO2/c1-3-5-6-7-9(8-11)10(12)13-4-2/h3,9H,1,4-7H2,2H3. The molecule has 1 unspecified atom stereocenters. The highest BCUT2D eigenvalue weighted by Crippen LogP contribution is 2.09. The van der Waals surface area contributed by atoms with E-state index in [0.29, 0.717) is 13.0 Å². The van der Waals surface area contributed by atoms with Crippen molar-refractivity contribution in [3.05, 3.63) is 12.7 Å². The Morgan fingerprint density at radius 2 is 2.46 bits per heavy atom. The summed E-state index contributed by atoms with van der Waals surface area (Å²) in [5.74, 6) is -1.02. The number of carbonyl (C=O) groups excluding carboxylic acids is 1. The van der Waals surface area contributed by atoms with E-state index in [4.69, 9.17) is 10.00 Å². The molecule has 0 radical (unpaired) electrons. The molecule has 0 bridgehead atoms. The van der Waals surface area contributed by atoms with Crippen molar-refractivity contribution in [1.82, 2.24) is 0 Å². The van der Waals surface area contributed by atoms with Gasteiger partial charge in [0.1, 0.15) is 5.92 Å². The van der Waals surface area contributed by atoms with E-state index >= 15 is 0 Å². The van der Waals surface area contributed by atoms with Gasteiger partial charge in [0.2, 0.25) is 0 Å². The fourth-order valence-corrected chi connectivity index (χ4v) is 0.944. The largest absolute Gasteiger partial charge is 0.465 e. The highest BCUT2D eigenvalue weighted by Gasteiger charge is 2.17. The molecule has 0 spiro atoms. The number of allylic oxidation sites excluding steroid dienone is 1. The zero-order valence-electron chi connectivity index (χ0n) is 7.95. The third-order valence-corrected chi connectivity index (χ3v) is 1.63. The lowest BCUT2D eigenvalue weighted by molar-refractivity contribution is -0.146. The lowest BCUT2D eigenvalue weighted by atomic mass is 10.0. The number of nitriles is 1. The van der Waals surface area contributed by atoms with Gasteiger partial charge in [-0.25, -0.2) is 0 Å². The Hall–Kier alpha value is -1.30. The summed E-state index contributed by atoms with van der Waals surface area (Å²) in [7, 11) is 0. The number of nitrogens with zero attached hydrogens (tertiary/aromatic N) is 1. The van der Waals surface area contributed by atoms with Crippen LogP contribution in [0.25, 0.3) is 0 Å². The van der Waals surface area contributed by atoms with Gasteiger partial charge in [-0.15, -0.1) is 6.58 Å². The number of hydrogen-bond acceptors (Lipinski definition) is 3. The second-order valence-electron chi connectivity index (χ2n) is 2.65. The quantitative estimate of drug-likeness (QED) is 0.358. The fourth-order valence-electron chi connectivity index (χ4n) is 0.944. The van der Waals surface area contributed by atoms with Crippen molar-refractivity contribution < 1.29 is 9.53 Å². The first-order valence-electron chi connectivity index (χ1n) is 4.43. The van der Waals surface area contributed by atoms with Crippen molar-refractivity contribution >= 4 is 5.97 Å². The molecule has 0 saturated carbocycles. The fraction of sp³-hybridized carbons (Fsp3) is 0.600. The molecule has 0 fully saturated rings. The molecule has 0 heterocycles. The molecular formula is C10H15NO2. The van der Waals surface area contributed by atoms with E-state index in [1.54, 1.807) is 13.0 Å². The number of unbranched alkanes of at least 4 members (excludes halogenated alkanes) is 1. The summed E-state index contributed by atoms with van der Waals surface area (Å²) < 4.78 is 4.74. The average molecular weight is 181 g/mol. The van der Waals surface area contributed by atoms with Crippen LogP contribution >= 0.6 is 0 Å². The third kappa shape index (κ3) is 5.02. The minimum atomic E-state index is -0.611. The van der Waals surface area contributed by atoms with Crippen LogP contribution in [0.2, 0.25) is 0 Å². The molecule has 3 heteroatoms. The maximum atomic E-state index is 11.1. The smallest absolute Gasteiger partial charge is 0.323 e. The molecule has 0 aliphatic heterocycles. The van der Waals surface area contributed by atoms with Crippen LogP contribution in [0.3, 0.4) is 0 Å². The second kappa shape index (κ2) is 7.35. The highest BCUT2D eigenvalue weighted by molar-refractivity contribution is 5.75. The maximum absolute atomic E-state index is 11.1. The van der Waals surface area contributed by atoms with Gasteiger partial charge in [0.25, 0.3) is 0 Å². The van der Waals surface area contributed by atoms with Gasteiger partial charge < -0.3 is 4.74 Å². The third-order valence-electron chi connectivity index (χ3n) is 1.63. The molecular weight excluding hydrogens is 166 g/mol. The van der Waals surface area contributed by atoms with Gasteiger partial charge in [0.15, 0.2) is 0 Å². The molecule has 0 aliphatic carbocycles. The minimum absolute atomic E-state index is 0.332. The van der Waals surface area contributed by atoms with Gasteiger partial charge in [-0.3, -0.25) is 4.79 Å². The molecule has 0 aromatic heterocycles. The van der Waals surface area contributed by atoms with Crippen LogP contribution in [0.5, 0.6) is 0 Å². The van der Waals surface area contributed by atoms with E-state index in [9.17, 15) is 4.79 Å². The molecule has 0 saturated heterocycles. The summed E-state index contributed by atoms with van der Waals surface area (Å²) in [6.45, 7) is 5.63. The van der Waals surface area contributed by atoms with Crippen LogP contribution in [-0.2, 0) is 9.53 Å². The Morgan fingerprint density at radius 1 is 1.77 bits per heavy atom. The van der Waals surface area contributed by atoms with Crippen molar-refractivity contribution in [1.29, 1.82) is 5.26 Å². The van der Waals surface area contributed by atoms with E-state index in [0.717, 1.165) is 12.8 Å². The predicted octanol–water partition coefficient (Wildman–Crippen LogP) is 2.05. The summed E-state index contributed by atoms with van der Waals surface area (Å²) in [5.41, 5.74) is 0. The number of carbonyl (C=O) groups is 1. The molecule has 3 nitrogen and oxygen atoms in total. The summed E-state index contributed by atoms with van der Waals surface area (Å²) >= 11 is 0. The summed E-state index contributed by atoms with van der Waals surface area (Å²) in [6.07, 6.45) is 3.97. The molecule has 0 N–H and O–H groups in total. The molecule has 0 aromatic carbocycles. The van der Waals surface area contributed by atoms with Crippen LogP contribution in [0.1, 0.15) is 26.2 Å². The van der Waals surface area contributed by atoms with Gasteiger partial charge in [0, 0.05) is 0 Å². The second-order valence-corrected chi connectivity index (χ2v) is 2.65. The van der Waals surface area contributed by atoms with Crippen molar-refractivity contribution in [2.75, 3.05) is 6.61 Å². The Morgan fingerprint density at radius 3 is 2.92 bits per heavy atom. The SMILES string of the molecule is C=CCCCC(C#N)C(=O)OCC. The van der Waals surface area contributed by atoms with Crippen LogP contribution in [0.15, 0.2) is 12.7 Å². The van der Waals surface area contributed by atoms with Crippen molar-refractivity contribution in [2.45, 2.75) is 26.2 Å². The van der Waals surface area contributed by atoms with Gasteiger partial charge in [-0.05, 0) is 26.2 Å². The zero-order chi connectivity index (χ0) is 10.1. The maximum Gasteiger partial charge on any atom is 0.323 e. The highest BCUT2D eigenvalue weighted by atomic mass is 16.5. The van der Waals surface area contributed by atoms with Gasteiger partial charge in [0.05, 0.1) is 12.7 Å². The zero-order valence-corrected chi connectivity index (χ0v) is 7.95. The summed E-state index contributed by atoms with van der Waals surface area (Å²) in [6, 6.07) is 1.94. The van der Waals surface area contributed by atoms with Crippen molar-refractivity contribution in [3.63, 3.8) is 0 Å². The monoisotopic (exact) mass is 181 g/mol. The summed E-state index contributed by atoms with van der Waals surface area (Å²) in [5, 5.41) is 8.65. The molecule has 13 heavy (non-hydrogen) atoms. The average Bonchev–Trinajstić information content (AvgIpc) is 2.13. The first kappa shape index (κ1) is 11.7. The molecule has 1 atom stereocenters. The Labute approximate surface area is 79.0 Å². The Bertz CT molecular complexity index is 205. The van der Waals surface area contributed by atoms with Crippen LogP contribution in [-0.4, -0.2) is 12.6 Å². The number of ether oxygens (including phenoxy) is 1. The number of esters is 1. The van der Waals surface area contributed by atoms with E-state index in [1.807, 2.05) is 6.07 Å². The van der Waals surface area contributed by atoms with Gasteiger partial charge >= 0.3 is 5.97 Å². The number of hydrogen-bond donors (Lipinski definition) is 0. The molecule has 72 valence electrons. The normalized spacial score (nSPS) is 11.4. The molecule has 0 rings (SSSR count). The van der Waals surface area contributed by atoms with E-state index in [-0.39, 0.29) is 0 Å². The predicted molar refractivity (Wildman–Crippen MR) is 49.8 cm³/mol. The number of rotatable bonds is 6. The Kier molecular flexibility index (Phi) is 6.62.